The third-order valence-corrected chi connectivity index (χ3v) is 4.27. The van der Waals surface area contributed by atoms with Crippen LogP contribution in [0.4, 0.5) is 0 Å². The van der Waals surface area contributed by atoms with E-state index in [0.29, 0.717) is 0 Å². The van der Waals surface area contributed by atoms with Gasteiger partial charge in [0.1, 0.15) is 0 Å². The maximum absolute atomic E-state index is 3.72. The first-order valence-corrected chi connectivity index (χ1v) is 6.22. The number of hydrogen-bond donors (Lipinski definition) is 0. The molecule has 0 amide bonds. The van der Waals surface area contributed by atoms with Gasteiger partial charge in [-0.25, -0.2) is 0 Å². The molecule has 1 heterocycles. The van der Waals surface area contributed by atoms with Crippen LogP contribution in [0.15, 0.2) is 22.8 Å². The zero-order chi connectivity index (χ0) is 10.6. The van der Waals surface area contributed by atoms with E-state index < -0.39 is 0 Å². The lowest BCUT2D eigenvalue weighted by atomic mass is 10.1. The zero-order valence-electron chi connectivity index (χ0n) is 9.05. The molecule has 0 saturated heterocycles. The average molecular weight is 264 g/mol. The van der Waals surface area contributed by atoms with Crippen LogP contribution in [-0.4, -0.2) is 4.57 Å². The second kappa shape index (κ2) is 3.11. The number of fused-ring (bicyclic) bond motifs is 1. The maximum atomic E-state index is 3.72. The normalized spacial score (nSPS) is 16.2. The Kier molecular flexibility index (Phi) is 1.96. The number of aromatic nitrogens is 1. The molecule has 0 aliphatic heterocycles. The molecule has 1 aromatic carbocycles. The molecule has 15 heavy (non-hydrogen) atoms. The number of aryl methyl sites for hydroxylation is 2. The molecule has 0 bridgehead atoms. The number of rotatable bonds is 1. The molecule has 1 nitrogen and oxygen atoms in total. The van der Waals surface area contributed by atoms with Crippen molar-refractivity contribution in [2.75, 3.05) is 0 Å². The van der Waals surface area contributed by atoms with Gasteiger partial charge < -0.3 is 4.57 Å². The Balaban J connectivity index is 2.38. The first-order valence-electron chi connectivity index (χ1n) is 5.43. The minimum absolute atomic E-state index is 0.797. The van der Waals surface area contributed by atoms with Gasteiger partial charge in [-0.2, -0.15) is 0 Å². The summed E-state index contributed by atoms with van der Waals surface area (Å²) in [7, 11) is 2.14. The number of nitrogens with zero attached hydrogens (tertiary/aromatic N) is 1. The van der Waals surface area contributed by atoms with Crippen molar-refractivity contribution in [3.05, 3.63) is 33.9 Å². The molecule has 0 N–H and O–H groups in total. The van der Waals surface area contributed by atoms with E-state index in [-0.39, 0.29) is 0 Å². The van der Waals surface area contributed by atoms with Crippen LogP contribution in [0.1, 0.15) is 29.9 Å². The van der Waals surface area contributed by atoms with Crippen LogP contribution in [-0.2, 0) is 7.05 Å². The Morgan fingerprint density at radius 3 is 2.73 bits per heavy atom. The fourth-order valence-electron chi connectivity index (χ4n) is 2.30. The molecule has 0 radical (unpaired) electrons. The summed E-state index contributed by atoms with van der Waals surface area (Å²) in [6, 6.07) is 6.75. The van der Waals surface area contributed by atoms with Crippen LogP contribution in [0.2, 0.25) is 0 Å². The molecular formula is C13H14BrN. The number of hydrogen-bond acceptors (Lipinski definition) is 0. The Morgan fingerprint density at radius 2 is 2.07 bits per heavy atom. The van der Waals surface area contributed by atoms with Crippen LogP contribution in [0.5, 0.6) is 0 Å². The van der Waals surface area contributed by atoms with Crippen molar-refractivity contribution in [2.24, 2.45) is 7.05 Å². The maximum Gasteiger partial charge on any atom is 0.0890 e. The van der Waals surface area contributed by atoms with Gasteiger partial charge in [-0.3, -0.25) is 0 Å². The van der Waals surface area contributed by atoms with Gasteiger partial charge in [0.25, 0.3) is 0 Å². The van der Waals surface area contributed by atoms with Crippen molar-refractivity contribution >= 4 is 26.8 Å². The minimum Gasteiger partial charge on any atom is -0.338 e. The summed E-state index contributed by atoms with van der Waals surface area (Å²) in [6.07, 6.45) is 2.71. The molecule has 1 saturated carbocycles. The molecule has 2 aromatic rings. The van der Waals surface area contributed by atoms with Gasteiger partial charge in [-0.1, -0.05) is 12.1 Å². The predicted molar refractivity (Wildman–Crippen MR) is 67.3 cm³/mol. The SMILES string of the molecule is Cc1ccc2c(C3CC3)c(Br)n(C)c2c1. The molecule has 0 unspecified atom stereocenters. The van der Waals surface area contributed by atoms with Gasteiger partial charge in [0.2, 0.25) is 0 Å². The third kappa shape index (κ3) is 1.35. The lowest BCUT2D eigenvalue weighted by Gasteiger charge is -1.97. The predicted octanol–water partition coefficient (Wildman–Crippen LogP) is 4.13. The Hall–Kier alpha value is -0.760. The Bertz CT molecular complexity index is 535. The van der Waals surface area contributed by atoms with Gasteiger partial charge in [0, 0.05) is 18.0 Å². The highest BCUT2D eigenvalue weighted by atomic mass is 79.9. The van der Waals surface area contributed by atoms with E-state index in [0.717, 1.165) is 5.92 Å². The summed E-state index contributed by atoms with van der Waals surface area (Å²) >= 11 is 3.72. The van der Waals surface area contributed by atoms with Crippen molar-refractivity contribution < 1.29 is 0 Å². The Morgan fingerprint density at radius 1 is 1.33 bits per heavy atom. The quantitative estimate of drug-likeness (QED) is 0.730. The highest BCUT2D eigenvalue weighted by Gasteiger charge is 2.29. The van der Waals surface area contributed by atoms with Crippen molar-refractivity contribution in [1.29, 1.82) is 0 Å². The summed E-state index contributed by atoms with van der Waals surface area (Å²) in [5.74, 6) is 0.797. The average Bonchev–Trinajstić information content (AvgIpc) is 3.00. The molecule has 1 fully saturated rings. The standard InChI is InChI=1S/C13H14BrN/c1-8-3-6-10-11(7-8)15(2)13(14)12(10)9-4-5-9/h3,6-7,9H,4-5H2,1-2H3. The lowest BCUT2D eigenvalue weighted by Crippen LogP contribution is -1.87. The first kappa shape index (κ1) is 9.46. The van der Waals surface area contributed by atoms with E-state index in [1.54, 1.807) is 0 Å². The van der Waals surface area contributed by atoms with E-state index in [4.69, 9.17) is 0 Å². The molecule has 1 aliphatic carbocycles. The smallest absolute Gasteiger partial charge is 0.0890 e. The largest absolute Gasteiger partial charge is 0.338 e. The highest BCUT2D eigenvalue weighted by Crippen LogP contribution is 2.47. The van der Waals surface area contributed by atoms with E-state index in [1.165, 1.54) is 39.5 Å². The van der Waals surface area contributed by atoms with E-state index in [1.807, 2.05) is 0 Å². The fraction of sp³-hybridized carbons (Fsp3) is 0.385. The van der Waals surface area contributed by atoms with Crippen LogP contribution in [0.3, 0.4) is 0 Å². The van der Waals surface area contributed by atoms with E-state index in [9.17, 15) is 0 Å². The van der Waals surface area contributed by atoms with Crippen molar-refractivity contribution in [3.8, 4) is 0 Å². The zero-order valence-corrected chi connectivity index (χ0v) is 10.6. The highest BCUT2D eigenvalue weighted by molar-refractivity contribution is 9.10. The summed E-state index contributed by atoms with van der Waals surface area (Å²) < 4.78 is 3.53. The summed E-state index contributed by atoms with van der Waals surface area (Å²) in [4.78, 5) is 0. The van der Waals surface area contributed by atoms with E-state index >= 15 is 0 Å². The monoisotopic (exact) mass is 263 g/mol. The van der Waals surface area contributed by atoms with Gasteiger partial charge in [-0.15, -0.1) is 0 Å². The molecular weight excluding hydrogens is 250 g/mol. The Labute approximate surface area is 98.2 Å². The lowest BCUT2D eigenvalue weighted by molar-refractivity contribution is 0.921. The molecule has 3 rings (SSSR count). The number of benzene rings is 1. The minimum atomic E-state index is 0.797. The van der Waals surface area contributed by atoms with Crippen molar-refractivity contribution in [1.82, 2.24) is 4.57 Å². The van der Waals surface area contributed by atoms with Crippen molar-refractivity contribution in [3.63, 3.8) is 0 Å². The molecule has 0 spiro atoms. The molecule has 0 atom stereocenters. The van der Waals surface area contributed by atoms with Crippen LogP contribution < -0.4 is 0 Å². The first-order chi connectivity index (χ1) is 7.18. The second-order valence-electron chi connectivity index (χ2n) is 4.56. The molecule has 1 aliphatic rings. The van der Waals surface area contributed by atoms with Crippen molar-refractivity contribution in [2.45, 2.75) is 25.7 Å². The van der Waals surface area contributed by atoms with Gasteiger partial charge in [-0.05, 0) is 58.8 Å². The van der Waals surface area contributed by atoms with E-state index in [2.05, 4.69) is 52.7 Å². The van der Waals surface area contributed by atoms with Gasteiger partial charge in [0.05, 0.1) is 4.60 Å². The fourth-order valence-corrected chi connectivity index (χ4v) is 3.03. The second-order valence-corrected chi connectivity index (χ2v) is 5.31. The molecule has 78 valence electrons. The van der Waals surface area contributed by atoms with Gasteiger partial charge in [0.15, 0.2) is 0 Å². The van der Waals surface area contributed by atoms with Gasteiger partial charge >= 0.3 is 0 Å². The third-order valence-electron chi connectivity index (χ3n) is 3.31. The van der Waals surface area contributed by atoms with Crippen LogP contribution in [0.25, 0.3) is 10.9 Å². The van der Waals surface area contributed by atoms with Crippen LogP contribution >= 0.6 is 15.9 Å². The summed E-state index contributed by atoms with van der Waals surface area (Å²) in [5.41, 5.74) is 4.20. The summed E-state index contributed by atoms with van der Waals surface area (Å²) in [6.45, 7) is 2.15. The molecule has 2 heteroatoms. The summed E-state index contributed by atoms with van der Waals surface area (Å²) in [5, 5.41) is 1.43. The molecule has 1 aromatic heterocycles. The number of halogens is 1. The topological polar surface area (TPSA) is 4.93 Å². The van der Waals surface area contributed by atoms with Crippen LogP contribution in [0, 0.1) is 6.92 Å².